The summed E-state index contributed by atoms with van der Waals surface area (Å²) in [7, 11) is 0. The summed E-state index contributed by atoms with van der Waals surface area (Å²) in [5, 5.41) is 0. The topological polar surface area (TPSA) is 128 Å². The van der Waals surface area contributed by atoms with Crippen molar-refractivity contribution in [3.8, 4) is 0 Å². The third kappa shape index (κ3) is 50.7. The Labute approximate surface area is 159 Å². The van der Waals surface area contributed by atoms with Gasteiger partial charge in [-0.2, -0.15) is 0 Å². The molecule has 0 aromatic heterocycles. The molecule has 6 nitrogen and oxygen atoms in total. The smallest absolute Gasteiger partial charge is 0.283 e. The summed E-state index contributed by atoms with van der Waals surface area (Å²) in [6, 6.07) is 0. The van der Waals surface area contributed by atoms with E-state index in [1.54, 1.807) is 41.5 Å². The van der Waals surface area contributed by atoms with Crippen LogP contribution in [0.15, 0.2) is 0 Å². The molecule has 0 aliphatic heterocycles. The van der Waals surface area contributed by atoms with Crippen LogP contribution in [0.1, 0.15) is 60.8 Å². The molecule has 0 aliphatic rings. The van der Waals surface area contributed by atoms with Gasteiger partial charge in [0.1, 0.15) is 0 Å². The fourth-order valence-corrected chi connectivity index (χ4v) is 1.11. The minimum absolute atomic E-state index is 0. The van der Waals surface area contributed by atoms with Gasteiger partial charge in [0.15, 0.2) is 19.3 Å². The number of carbonyl (C=O) groups excluding carboxylic acids is 6. The van der Waals surface area contributed by atoms with Gasteiger partial charge in [-0.1, -0.05) is 0 Å². The second-order valence-electron chi connectivity index (χ2n) is 4.94. The number of hydrogen-bond acceptors (Lipinski definition) is 0. The maximum Gasteiger partial charge on any atom is 0.302 e. The van der Waals surface area contributed by atoms with E-state index in [-0.39, 0.29) is 70.3 Å². The molecule has 0 heterocycles. The van der Waals surface area contributed by atoms with Crippen molar-refractivity contribution in [2.75, 3.05) is 0 Å². The molecule has 0 fully saturated rings. The molecular formula is C15H30LaO6+6. The maximum absolute atomic E-state index is 8.46. The Hall–Kier alpha value is -0.785. The molecule has 123 valence electrons. The van der Waals surface area contributed by atoms with Gasteiger partial charge in [-0.15, -0.1) is 0 Å². The maximum atomic E-state index is 8.46. The SMILES string of the molecule is CC(=[OH+])CC(C)=[OH+].CC(=[OH+])CC(C)=[OH+].CC(=[OH+])CC(C)=[OH+].[La]. The van der Waals surface area contributed by atoms with E-state index in [1.165, 1.54) is 0 Å². The molecule has 0 rings (SSSR count). The van der Waals surface area contributed by atoms with Gasteiger partial charge in [0.2, 0.25) is 0 Å². The van der Waals surface area contributed by atoms with Gasteiger partial charge in [-0.25, -0.2) is 0 Å². The van der Waals surface area contributed by atoms with Crippen LogP contribution >= 0.6 is 0 Å². The molecular weight excluding hydrogens is 415 g/mol. The van der Waals surface area contributed by atoms with Crippen molar-refractivity contribution in [3.63, 3.8) is 0 Å². The zero-order valence-electron chi connectivity index (χ0n) is 14.4. The average Bonchev–Trinajstić information content (AvgIpc) is 2.10. The number of rotatable bonds is 6. The van der Waals surface area contributed by atoms with Crippen LogP contribution in [0, 0.1) is 35.6 Å². The van der Waals surface area contributed by atoms with E-state index in [0.717, 1.165) is 0 Å². The van der Waals surface area contributed by atoms with Crippen LogP contribution in [0.5, 0.6) is 0 Å². The van der Waals surface area contributed by atoms with Crippen LogP contribution in [0.2, 0.25) is 0 Å². The summed E-state index contributed by atoms with van der Waals surface area (Å²) >= 11 is 0. The number of hydrogen-bond donors (Lipinski definition) is 0. The minimum atomic E-state index is 0. The number of ketones is 6. The Bertz CT molecular complexity index is 314. The molecule has 0 saturated heterocycles. The quantitative estimate of drug-likeness (QED) is 0.434. The molecule has 0 bridgehead atoms. The van der Waals surface area contributed by atoms with E-state index in [1.807, 2.05) is 0 Å². The van der Waals surface area contributed by atoms with Crippen molar-refractivity contribution >= 4 is 34.7 Å². The second kappa shape index (κ2) is 18.3. The van der Waals surface area contributed by atoms with Gasteiger partial charge >= 0.3 is 34.7 Å². The zero-order valence-corrected chi connectivity index (χ0v) is 18.0. The molecule has 7 heteroatoms. The van der Waals surface area contributed by atoms with Crippen molar-refractivity contribution in [3.05, 3.63) is 0 Å². The van der Waals surface area contributed by atoms with Gasteiger partial charge in [0.05, 0.1) is 0 Å². The van der Waals surface area contributed by atoms with Crippen LogP contribution in [0.4, 0.5) is 0 Å². The van der Waals surface area contributed by atoms with Gasteiger partial charge < -0.3 is 0 Å². The third-order valence-electron chi connectivity index (χ3n) is 1.54. The Morgan fingerprint density at radius 2 is 0.500 bits per heavy atom. The molecule has 0 aromatic carbocycles. The standard InChI is InChI=1S/3C5H8O2.La/c3*1-4(6)3-5(2)7;/h3*3H2,1-2H3;/p+6. The minimum Gasteiger partial charge on any atom is -0.283 e. The molecule has 22 heavy (non-hydrogen) atoms. The molecule has 0 saturated carbocycles. The molecule has 6 N–H and O–H groups in total. The predicted octanol–water partition coefficient (Wildman–Crippen LogP) is 1.52. The first-order valence-corrected chi connectivity index (χ1v) is 6.46. The first kappa shape index (κ1) is 29.3. The fourth-order valence-electron chi connectivity index (χ4n) is 1.11. The monoisotopic (exact) mass is 445 g/mol. The molecule has 0 atom stereocenters. The first-order chi connectivity index (χ1) is 9.38. The Kier molecular flexibility index (Phi) is 24.3. The van der Waals surface area contributed by atoms with E-state index in [9.17, 15) is 0 Å². The Morgan fingerprint density at radius 3 is 0.500 bits per heavy atom. The van der Waals surface area contributed by atoms with Crippen LogP contribution in [0.3, 0.4) is 0 Å². The van der Waals surface area contributed by atoms with Crippen LogP contribution < -0.4 is 0 Å². The van der Waals surface area contributed by atoms with Crippen LogP contribution in [-0.4, -0.2) is 63.5 Å². The summed E-state index contributed by atoms with van der Waals surface area (Å²) in [5.74, 6) is 1.50. The zero-order chi connectivity index (χ0) is 17.6. The summed E-state index contributed by atoms with van der Waals surface area (Å²) in [5.41, 5.74) is 0. The van der Waals surface area contributed by atoms with E-state index < -0.39 is 0 Å². The van der Waals surface area contributed by atoms with Crippen LogP contribution in [-0.2, 0) is 0 Å². The molecule has 0 unspecified atom stereocenters. The summed E-state index contributed by atoms with van der Waals surface area (Å²) < 4.78 is 0. The molecule has 0 spiro atoms. The molecule has 0 aliphatic carbocycles. The third-order valence-corrected chi connectivity index (χ3v) is 1.54. The van der Waals surface area contributed by atoms with E-state index in [4.69, 9.17) is 28.8 Å². The van der Waals surface area contributed by atoms with Gasteiger partial charge in [-0.05, 0) is 0 Å². The van der Waals surface area contributed by atoms with Gasteiger partial charge in [-0.3, -0.25) is 28.8 Å². The van der Waals surface area contributed by atoms with Gasteiger partial charge in [0, 0.05) is 77.1 Å². The summed E-state index contributed by atoms with van der Waals surface area (Å²) in [4.78, 5) is 50.8. The Morgan fingerprint density at radius 1 is 0.409 bits per heavy atom. The second-order valence-corrected chi connectivity index (χ2v) is 4.94. The van der Waals surface area contributed by atoms with Crippen molar-refractivity contribution in [1.29, 1.82) is 0 Å². The van der Waals surface area contributed by atoms with Crippen molar-refractivity contribution in [2.45, 2.75) is 60.8 Å². The average molecular weight is 445 g/mol. The Balaban J connectivity index is -0.000000108. The van der Waals surface area contributed by atoms with Crippen molar-refractivity contribution < 1.29 is 64.4 Å². The summed E-state index contributed by atoms with van der Waals surface area (Å²) in [6.45, 7) is 9.33. The summed E-state index contributed by atoms with van der Waals surface area (Å²) in [6.07, 6.45) is 0.917. The molecule has 0 aromatic rings. The van der Waals surface area contributed by atoms with Crippen molar-refractivity contribution in [2.24, 2.45) is 0 Å². The molecule has 0 amide bonds. The fraction of sp³-hybridized carbons (Fsp3) is 0.600. The largest absolute Gasteiger partial charge is 0.302 e. The van der Waals surface area contributed by atoms with E-state index in [0.29, 0.717) is 19.3 Å². The van der Waals surface area contributed by atoms with Crippen LogP contribution in [0.25, 0.3) is 0 Å². The molecule has 1 radical (unpaired) electrons. The predicted molar refractivity (Wildman–Crippen MR) is 89.6 cm³/mol. The first-order valence-electron chi connectivity index (χ1n) is 6.46. The normalized spacial score (nSPS) is 7.91. The van der Waals surface area contributed by atoms with Gasteiger partial charge in [0.25, 0.3) is 0 Å². The van der Waals surface area contributed by atoms with E-state index in [2.05, 4.69) is 0 Å². The van der Waals surface area contributed by atoms with Crippen molar-refractivity contribution in [1.82, 2.24) is 0 Å². The van der Waals surface area contributed by atoms with E-state index >= 15 is 0 Å².